The van der Waals surface area contributed by atoms with Crippen molar-refractivity contribution in [1.82, 2.24) is 4.90 Å². The average Bonchev–Trinajstić information content (AvgIpc) is 2.90. The molecule has 1 aromatic rings. The Bertz CT molecular complexity index is 587. The Morgan fingerprint density at radius 1 is 0.960 bits per heavy atom. The van der Waals surface area contributed by atoms with Crippen molar-refractivity contribution in [2.45, 2.75) is 44.7 Å². The van der Waals surface area contributed by atoms with E-state index in [1.807, 2.05) is 9.80 Å². The Morgan fingerprint density at radius 3 is 2.20 bits per heavy atom. The lowest BCUT2D eigenvalue weighted by Crippen LogP contribution is -2.43. The first-order valence-electron chi connectivity index (χ1n) is 9.16. The number of rotatable bonds is 2. The first kappa shape index (κ1) is 18.1. The number of carbonyl (C=O) groups excluding carboxylic acids is 1. The molecule has 3 rings (SSSR count). The Labute approximate surface area is 146 Å². The van der Waals surface area contributed by atoms with Crippen molar-refractivity contribution in [2.75, 3.05) is 31.1 Å². The van der Waals surface area contributed by atoms with E-state index < -0.39 is 11.7 Å². The van der Waals surface area contributed by atoms with E-state index in [9.17, 15) is 18.0 Å². The zero-order valence-corrected chi connectivity index (χ0v) is 14.4. The van der Waals surface area contributed by atoms with Crippen LogP contribution in [0.15, 0.2) is 24.3 Å². The fourth-order valence-corrected chi connectivity index (χ4v) is 3.81. The number of alkyl halides is 3. The molecule has 0 spiro atoms. The molecule has 1 amide bonds. The molecule has 0 aromatic heterocycles. The molecule has 2 aliphatic heterocycles. The molecular weight excluding hydrogens is 329 g/mol. The molecule has 2 heterocycles. The van der Waals surface area contributed by atoms with Crippen molar-refractivity contribution >= 4 is 11.6 Å². The summed E-state index contributed by atoms with van der Waals surface area (Å²) in [6.45, 7) is 2.97. The van der Waals surface area contributed by atoms with Crippen LogP contribution in [0.2, 0.25) is 0 Å². The molecule has 0 unspecified atom stereocenters. The van der Waals surface area contributed by atoms with Gasteiger partial charge in [-0.25, -0.2) is 0 Å². The standard InChI is InChI=1S/C19H25F3N2O/c20-19(21,22)16-6-5-7-17(14-16)23-12-8-15(9-13-23)18(25)24-10-3-1-2-4-11-24/h5-7,14-15H,1-4,8-13H2. The van der Waals surface area contributed by atoms with Crippen molar-refractivity contribution in [1.29, 1.82) is 0 Å². The number of piperidine rings is 1. The molecule has 25 heavy (non-hydrogen) atoms. The predicted octanol–water partition coefficient (Wildman–Crippen LogP) is 4.32. The minimum atomic E-state index is -4.32. The molecule has 0 aliphatic carbocycles. The van der Waals surface area contributed by atoms with Crippen LogP contribution >= 0.6 is 0 Å². The Balaban J connectivity index is 1.59. The zero-order chi connectivity index (χ0) is 17.9. The van der Waals surface area contributed by atoms with Gasteiger partial charge in [0.15, 0.2) is 0 Å². The molecule has 0 atom stereocenters. The van der Waals surface area contributed by atoms with Crippen LogP contribution in [-0.2, 0) is 11.0 Å². The molecule has 0 radical (unpaired) electrons. The molecular formula is C19H25F3N2O. The van der Waals surface area contributed by atoms with E-state index in [-0.39, 0.29) is 11.8 Å². The lowest BCUT2D eigenvalue weighted by molar-refractivity contribution is -0.137. The van der Waals surface area contributed by atoms with Crippen LogP contribution in [0.4, 0.5) is 18.9 Å². The monoisotopic (exact) mass is 354 g/mol. The second-order valence-electron chi connectivity index (χ2n) is 7.05. The Morgan fingerprint density at radius 2 is 1.60 bits per heavy atom. The second kappa shape index (κ2) is 7.67. The lowest BCUT2D eigenvalue weighted by atomic mass is 9.94. The van der Waals surface area contributed by atoms with E-state index in [0.29, 0.717) is 31.6 Å². The van der Waals surface area contributed by atoms with Crippen molar-refractivity contribution in [3.05, 3.63) is 29.8 Å². The molecule has 6 heteroatoms. The average molecular weight is 354 g/mol. The van der Waals surface area contributed by atoms with Gasteiger partial charge in [0.25, 0.3) is 0 Å². The minimum absolute atomic E-state index is 0.0140. The number of anilines is 1. The molecule has 0 saturated carbocycles. The summed E-state index contributed by atoms with van der Waals surface area (Å²) in [4.78, 5) is 16.7. The number of carbonyl (C=O) groups is 1. The van der Waals surface area contributed by atoms with Gasteiger partial charge in [-0.1, -0.05) is 18.9 Å². The van der Waals surface area contributed by atoms with E-state index in [1.165, 1.54) is 25.0 Å². The molecule has 1 aromatic carbocycles. The highest BCUT2D eigenvalue weighted by Crippen LogP contribution is 2.33. The van der Waals surface area contributed by atoms with Gasteiger partial charge < -0.3 is 9.80 Å². The van der Waals surface area contributed by atoms with Gasteiger partial charge in [0.1, 0.15) is 0 Å². The predicted molar refractivity (Wildman–Crippen MR) is 91.4 cm³/mol. The normalized spacial score (nSPS) is 20.4. The fourth-order valence-electron chi connectivity index (χ4n) is 3.81. The number of amides is 1. The fraction of sp³-hybridized carbons (Fsp3) is 0.632. The smallest absolute Gasteiger partial charge is 0.371 e. The highest BCUT2D eigenvalue weighted by atomic mass is 19.4. The third-order valence-electron chi connectivity index (χ3n) is 5.30. The highest BCUT2D eigenvalue weighted by molar-refractivity contribution is 5.79. The molecule has 3 nitrogen and oxygen atoms in total. The van der Waals surface area contributed by atoms with E-state index in [4.69, 9.17) is 0 Å². The molecule has 0 bridgehead atoms. The summed E-state index contributed by atoms with van der Waals surface area (Å²) in [7, 11) is 0. The Hall–Kier alpha value is -1.72. The number of likely N-dealkylation sites (tertiary alicyclic amines) is 1. The maximum atomic E-state index is 12.9. The van der Waals surface area contributed by atoms with Crippen molar-refractivity contribution in [3.8, 4) is 0 Å². The quantitative estimate of drug-likeness (QED) is 0.789. The molecule has 2 fully saturated rings. The first-order valence-corrected chi connectivity index (χ1v) is 9.16. The minimum Gasteiger partial charge on any atom is -0.371 e. The molecule has 0 N–H and O–H groups in total. The van der Waals surface area contributed by atoms with Gasteiger partial charge in [0.2, 0.25) is 5.91 Å². The van der Waals surface area contributed by atoms with Gasteiger partial charge in [-0.05, 0) is 43.9 Å². The molecule has 2 saturated heterocycles. The third-order valence-corrected chi connectivity index (χ3v) is 5.30. The summed E-state index contributed by atoms with van der Waals surface area (Å²) in [5.41, 5.74) is -0.0248. The van der Waals surface area contributed by atoms with Crippen LogP contribution in [0.3, 0.4) is 0 Å². The van der Waals surface area contributed by atoms with Crippen LogP contribution in [-0.4, -0.2) is 37.0 Å². The van der Waals surface area contributed by atoms with Crippen LogP contribution in [0.1, 0.15) is 44.1 Å². The second-order valence-corrected chi connectivity index (χ2v) is 7.05. The summed E-state index contributed by atoms with van der Waals surface area (Å²) in [5.74, 6) is 0.255. The first-order chi connectivity index (χ1) is 11.9. The number of nitrogens with zero attached hydrogens (tertiary/aromatic N) is 2. The summed E-state index contributed by atoms with van der Waals surface area (Å²) in [6.07, 6.45) is 1.65. The third kappa shape index (κ3) is 4.47. The highest BCUT2D eigenvalue weighted by Gasteiger charge is 2.32. The van der Waals surface area contributed by atoms with Gasteiger partial charge in [-0.3, -0.25) is 4.79 Å². The number of hydrogen-bond acceptors (Lipinski definition) is 2. The number of benzene rings is 1. The largest absolute Gasteiger partial charge is 0.416 e. The van der Waals surface area contributed by atoms with Gasteiger partial charge >= 0.3 is 6.18 Å². The van der Waals surface area contributed by atoms with Gasteiger partial charge in [-0.2, -0.15) is 13.2 Å². The summed E-state index contributed by atoms with van der Waals surface area (Å²) in [6, 6.07) is 5.47. The van der Waals surface area contributed by atoms with Crippen molar-refractivity contribution in [3.63, 3.8) is 0 Å². The van der Waals surface area contributed by atoms with Gasteiger partial charge in [0.05, 0.1) is 5.56 Å². The number of halogens is 3. The Kier molecular flexibility index (Phi) is 5.54. The van der Waals surface area contributed by atoms with E-state index in [0.717, 1.165) is 32.0 Å². The lowest BCUT2D eigenvalue weighted by Gasteiger charge is -2.35. The molecule has 138 valence electrons. The van der Waals surface area contributed by atoms with Crippen molar-refractivity contribution < 1.29 is 18.0 Å². The van der Waals surface area contributed by atoms with E-state index in [2.05, 4.69) is 0 Å². The van der Waals surface area contributed by atoms with E-state index in [1.54, 1.807) is 6.07 Å². The topological polar surface area (TPSA) is 23.6 Å². The van der Waals surface area contributed by atoms with Crippen molar-refractivity contribution in [2.24, 2.45) is 5.92 Å². The maximum absolute atomic E-state index is 12.9. The van der Waals surface area contributed by atoms with Crippen LogP contribution < -0.4 is 4.90 Å². The SMILES string of the molecule is O=C(C1CCN(c2cccc(C(F)(F)F)c2)CC1)N1CCCCCC1. The maximum Gasteiger partial charge on any atom is 0.416 e. The van der Waals surface area contributed by atoms with Crippen LogP contribution in [0, 0.1) is 5.92 Å². The van der Waals surface area contributed by atoms with Crippen LogP contribution in [0.25, 0.3) is 0 Å². The summed E-state index contributed by atoms with van der Waals surface area (Å²) in [5, 5.41) is 0. The van der Waals surface area contributed by atoms with Gasteiger partial charge in [-0.15, -0.1) is 0 Å². The summed E-state index contributed by atoms with van der Waals surface area (Å²) < 4.78 is 38.6. The molecule has 2 aliphatic rings. The summed E-state index contributed by atoms with van der Waals surface area (Å²) >= 11 is 0. The van der Waals surface area contributed by atoms with E-state index >= 15 is 0 Å². The number of hydrogen-bond donors (Lipinski definition) is 0. The van der Waals surface area contributed by atoms with Gasteiger partial charge in [0, 0.05) is 37.8 Å². The zero-order valence-electron chi connectivity index (χ0n) is 14.4. The van der Waals surface area contributed by atoms with Crippen LogP contribution in [0.5, 0.6) is 0 Å².